The maximum Gasteiger partial charge on any atom is 0.262 e. The Balaban J connectivity index is 1.69. The van der Waals surface area contributed by atoms with Gasteiger partial charge in [-0.2, -0.15) is 0 Å². The third kappa shape index (κ3) is 5.48. The second kappa shape index (κ2) is 9.87. The summed E-state index contributed by atoms with van der Waals surface area (Å²) in [6, 6.07) is 17.7. The fourth-order valence-electron chi connectivity index (χ4n) is 3.24. The lowest BCUT2D eigenvalue weighted by atomic mass is 10.1. The van der Waals surface area contributed by atoms with Crippen molar-refractivity contribution in [2.24, 2.45) is 0 Å². The smallest absolute Gasteiger partial charge is 0.262 e. The molecular weight excluding hydrogens is 424 g/mol. The minimum absolute atomic E-state index is 0.0715. The highest BCUT2D eigenvalue weighted by Crippen LogP contribution is 2.24. The highest BCUT2D eigenvalue weighted by atomic mass is 32.2. The fraction of sp³-hybridized carbons (Fsp3) is 0.240. The van der Waals surface area contributed by atoms with Crippen LogP contribution in [0.15, 0.2) is 65.6 Å². The topological polar surface area (TPSA) is 84.5 Å². The SMILES string of the molecule is Cc1ccccc1OCCNC(=O)c1ccc(C)c(S(=O)(=O)Nc2cccc(C)c2C)c1. The summed E-state index contributed by atoms with van der Waals surface area (Å²) in [6.45, 7) is 8.05. The summed E-state index contributed by atoms with van der Waals surface area (Å²) in [5, 5.41) is 2.77. The predicted octanol–water partition coefficient (Wildman–Crippen LogP) is 4.53. The molecule has 6 nitrogen and oxygen atoms in total. The molecule has 0 heterocycles. The van der Waals surface area contributed by atoms with E-state index in [0.29, 0.717) is 24.4 Å². The third-order valence-electron chi connectivity index (χ3n) is 5.33. The van der Waals surface area contributed by atoms with Crippen molar-refractivity contribution in [3.8, 4) is 5.75 Å². The van der Waals surface area contributed by atoms with E-state index >= 15 is 0 Å². The molecule has 0 saturated carbocycles. The number of hydrogen-bond donors (Lipinski definition) is 2. The van der Waals surface area contributed by atoms with Crippen LogP contribution in [0.3, 0.4) is 0 Å². The highest BCUT2D eigenvalue weighted by Gasteiger charge is 2.20. The molecule has 0 saturated heterocycles. The van der Waals surface area contributed by atoms with Crippen LogP contribution in [0.4, 0.5) is 5.69 Å². The summed E-state index contributed by atoms with van der Waals surface area (Å²) < 4.78 is 34.4. The number of sulfonamides is 1. The molecule has 0 radical (unpaired) electrons. The van der Waals surface area contributed by atoms with Crippen molar-refractivity contribution < 1.29 is 17.9 Å². The summed E-state index contributed by atoms with van der Waals surface area (Å²) >= 11 is 0. The van der Waals surface area contributed by atoms with Crippen molar-refractivity contribution in [3.63, 3.8) is 0 Å². The molecule has 0 aliphatic carbocycles. The molecule has 0 fully saturated rings. The van der Waals surface area contributed by atoms with E-state index in [1.54, 1.807) is 31.2 Å². The summed E-state index contributed by atoms with van der Waals surface area (Å²) in [7, 11) is -3.86. The molecule has 1 amide bonds. The predicted molar refractivity (Wildman–Crippen MR) is 127 cm³/mol. The van der Waals surface area contributed by atoms with Gasteiger partial charge in [0, 0.05) is 5.56 Å². The van der Waals surface area contributed by atoms with E-state index in [0.717, 1.165) is 22.4 Å². The molecule has 168 valence electrons. The third-order valence-corrected chi connectivity index (χ3v) is 6.84. The summed E-state index contributed by atoms with van der Waals surface area (Å²) in [5.41, 5.74) is 4.21. The Morgan fingerprint density at radius 1 is 0.875 bits per heavy atom. The number of anilines is 1. The Bertz CT molecular complexity index is 1240. The Morgan fingerprint density at radius 3 is 2.34 bits per heavy atom. The van der Waals surface area contributed by atoms with E-state index in [4.69, 9.17) is 4.74 Å². The number of amides is 1. The van der Waals surface area contributed by atoms with Gasteiger partial charge in [0.15, 0.2) is 0 Å². The first-order valence-electron chi connectivity index (χ1n) is 10.4. The van der Waals surface area contributed by atoms with Crippen molar-refractivity contribution in [2.45, 2.75) is 32.6 Å². The number of benzene rings is 3. The van der Waals surface area contributed by atoms with E-state index in [1.165, 1.54) is 6.07 Å². The Morgan fingerprint density at radius 2 is 1.59 bits per heavy atom. The monoisotopic (exact) mass is 452 g/mol. The molecule has 0 atom stereocenters. The first-order valence-corrected chi connectivity index (χ1v) is 11.8. The van der Waals surface area contributed by atoms with Crippen molar-refractivity contribution in [1.82, 2.24) is 5.32 Å². The van der Waals surface area contributed by atoms with Gasteiger partial charge in [0.2, 0.25) is 0 Å². The second-order valence-corrected chi connectivity index (χ2v) is 9.35. The minimum atomic E-state index is -3.86. The van der Waals surface area contributed by atoms with Crippen LogP contribution in [0.2, 0.25) is 0 Å². The normalized spacial score (nSPS) is 11.1. The van der Waals surface area contributed by atoms with Crippen LogP contribution in [0.25, 0.3) is 0 Å². The van der Waals surface area contributed by atoms with Crippen LogP contribution in [-0.4, -0.2) is 27.5 Å². The van der Waals surface area contributed by atoms with Gasteiger partial charge in [-0.3, -0.25) is 9.52 Å². The Kier molecular flexibility index (Phi) is 7.20. The van der Waals surface area contributed by atoms with Crippen LogP contribution in [-0.2, 0) is 10.0 Å². The molecule has 0 aliphatic rings. The molecule has 0 spiro atoms. The molecule has 3 aromatic rings. The van der Waals surface area contributed by atoms with Gasteiger partial charge in [-0.25, -0.2) is 8.42 Å². The van der Waals surface area contributed by atoms with E-state index in [9.17, 15) is 13.2 Å². The lowest BCUT2D eigenvalue weighted by Gasteiger charge is -2.15. The van der Waals surface area contributed by atoms with Gasteiger partial charge in [-0.15, -0.1) is 0 Å². The van der Waals surface area contributed by atoms with Crippen LogP contribution in [0.5, 0.6) is 5.75 Å². The van der Waals surface area contributed by atoms with Gasteiger partial charge in [0.25, 0.3) is 15.9 Å². The quantitative estimate of drug-likeness (QED) is 0.492. The number of carbonyl (C=O) groups is 1. The number of nitrogens with one attached hydrogen (secondary N) is 2. The van der Waals surface area contributed by atoms with Gasteiger partial charge >= 0.3 is 0 Å². The first kappa shape index (κ1) is 23.3. The molecule has 0 unspecified atom stereocenters. The molecule has 0 aromatic heterocycles. The van der Waals surface area contributed by atoms with Crippen molar-refractivity contribution >= 4 is 21.6 Å². The summed E-state index contributed by atoms with van der Waals surface area (Å²) in [6.07, 6.45) is 0. The molecule has 0 bridgehead atoms. The molecule has 3 aromatic carbocycles. The molecule has 32 heavy (non-hydrogen) atoms. The van der Waals surface area contributed by atoms with Crippen LogP contribution >= 0.6 is 0 Å². The Hall–Kier alpha value is -3.32. The highest BCUT2D eigenvalue weighted by molar-refractivity contribution is 7.92. The fourth-order valence-corrected chi connectivity index (χ4v) is 4.63. The van der Waals surface area contributed by atoms with E-state index in [2.05, 4.69) is 10.0 Å². The van der Waals surface area contributed by atoms with Gasteiger partial charge < -0.3 is 10.1 Å². The molecule has 3 rings (SSSR count). The average molecular weight is 453 g/mol. The maximum absolute atomic E-state index is 13.0. The maximum atomic E-state index is 13.0. The second-order valence-electron chi connectivity index (χ2n) is 7.70. The standard InChI is InChI=1S/C25H28N2O4S/c1-17-9-7-10-22(20(17)4)27-32(29,30)24-16-21(13-12-19(24)3)25(28)26-14-15-31-23-11-6-5-8-18(23)2/h5-13,16,27H,14-15H2,1-4H3,(H,26,28). The Labute approximate surface area is 189 Å². The first-order chi connectivity index (χ1) is 15.2. The van der Waals surface area contributed by atoms with E-state index in [-0.39, 0.29) is 16.4 Å². The lowest BCUT2D eigenvalue weighted by molar-refractivity contribution is 0.0946. The van der Waals surface area contributed by atoms with Crippen molar-refractivity contribution in [2.75, 3.05) is 17.9 Å². The van der Waals surface area contributed by atoms with Crippen LogP contribution < -0.4 is 14.8 Å². The number of ether oxygens (including phenoxy) is 1. The average Bonchev–Trinajstić information content (AvgIpc) is 2.75. The van der Waals surface area contributed by atoms with E-state index < -0.39 is 10.0 Å². The molecule has 7 heteroatoms. The minimum Gasteiger partial charge on any atom is -0.491 e. The van der Waals surface area contributed by atoms with Crippen LogP contribution in [0.1, 0.15) is 32.6 Å². The summed E-state index contributed by atoms with van der Waals surface area (Å²) in [5.74, 6) is 0.407. The number of rotatable bonds is 8. The zero-order valence-electron chi connectivity index (χ0n) is 18.7. The molecule has 2 N–H and O–H groups in total. The number of hydrogen-bond acceptors (Lipinski definition) is 4. The van der Waals surface area contributed by atoms with Crippen LogP contribution in [0, 0.1) is 27.7 Å². The van der Waals surface area contributed by atoms with Crippen molar-refractivity contribution in [3.05, 3.63) is 88.5 Å². The zero-order chi connectivity index (χ0) is 23.3. The zero-order valence-corrected chi connectivity index (χ0v) is 19.5. The largest absolute Gasteiger partial charge is 0.491 e. The van der Waals surface area contributed by atoms with Gasteiger partial charge in [0.05, 0.1) is 17.1 Å². The summed E-state index contributed by atoms with van der Waals surface area (Å²) in [4.78, 5) is 12.7. The molecule has 0 aliphatic heterocycles. The van der Waals surface area contributed by atoms with E-state index in [1.807, 2.05) is 51.1 Å². The van der Waals surface area contributed by atoms with Gasteiger partial charge in [0.1, 0.15) is 12.4 Å². The number of carbonyl (C=O) groups excluding carboxylic acids is 1. The van der Waals surface area contributed by atoms with Crippen molar-refractivity contribution in [1.29, 1.82) is 0 Å². The van der Waals surface area contributed by atoms with Gasteiger partial charge in [-0.05, 0) is 74.2 Å². The molecular formula is C25H28N2O4S. The number of para-hydroxylation sites is 1. The lowest BCUT2D eigenvalue weighted by Crippen LogP contribution is -2.28. The number of aryl methyl sites for hydroxylation is 3. The van der Waals surface area contributed by atoms with Gasteiger partial charge in [-0.1, -0.05) is 36.4 Å².